The molecule has 1 aromatic carbocycles. The largest absolute Gasteiger partial charge is 0.417 e. The molecule has 1 aromatic heterocycles. The van der Waals surface area contributed by atoms with Gasteiger partial charge in [0.25, 0.3) is 0 Å². The molecule has 2 aromatic rings. The van der Waals surface area contributed by atoms with Gasteiger partial charge in [-0.3, -0.25) is 4.98 Å². The third kappa shape index (κ3) is 2.72. The fourth-order valence-corrected chi connectivity index (χ4v) is 2.81. The molecule has 2 heterocycles. The highest BCUT2D eigenvalue weighted by molar-refractivity contribution is 5.72. The maximum Gasteiger partial charge on any atom is 0.417 e. The van der Waals surface area contributed by atoms with E-state index in [0.717, 1.165) is 30.6 Å². The SMILES string of the molecule is NC(CC1CCNCC1)c1ccc2oc(=O)[nH]c2c1. The molecule has 0 amide bonds. The maximum absolute atomic E-state index is 11.1. The Morgan fingerprint density at radius 1 is 1.37 bits per heavy atom. The third-order valence-electron chi connectivity index (χ3n) is 3.92. The van der Waals surface area contributed by atoms with Crippen molar-refractivity contribution in [3.8, 4) is 0 Å². The maximum atomic E-state index is 11.1. The molecule has 3 rings (SSSR count). The number of aromatic amines is 1. The minimum atomic E-state index is -0.418. The van der Waals surface area contributed by atoms with Gasteiger partial charge in [-0.1, -0.05) is 6.07 Å². The van der Waals surface area contributed by atoms with E-state index in [9.17, 15) is 4.79 Å². The van der Waals surface area contributed by atoms with Crippen LogP contribution in [0.4, 0.5) is 0 Å². The summed E-state index contributed by atoms with van der Waals surface area (Å²) in [5.41, 5.74) is 8.65. The van der Waals surface area contributed by atoms with E-state index in [1.165, 1.54) is 12.8 Å². The van der Waals surface area contributed by atoms with Gasteiger partial charge in [0.05, 0.1) is 5.52 Å². The molecule has 0 aliphatic carbocycles. The average Bonchev–Trinajstić information content (AvgIpc) is 2.78. The van der Waals surface area contributed by atoms with Crippen LogP contribution in [0.15, 0.2) is 27.4 Å². The van der Waals surface area contributed by atoms with E-state index >= 15 is 0 Å². The van der Waals surface area contributed by atoms with Crippen LogP contribution in [-0.2, 0) is 0 Å². The van der Waals surface area contributed by atoms with Crippen molar-refractivity contribution in [1.82, 2.24) is 10.3 Å². The van der Waals surface area contributed by atoms with E-state index in [-0.39, 0.29) is 6.04 Å². The summed E-state index contributed by atoms with van der Waals surface area (Å²) >= 11 is 0. The number of benzene rings is 1. The molecule has 19 heavy (non-hydrogen) atoms. The lowest BCUT2D eigenvalue weighted by Gasteiger charge is -2.25. The molecule has 1 fully saturated rings. The Hall–Kier alpha value is -1.59. The van der Waals surface area contributed by atoms with Crippen LogP contribution in [-0.4, -0.2) is 18.1 Å². The smallest absolute Gasteiger partial charge is 0.408 e. The van der Waals surface area contributed by atoms with Gasteiger partial charge in [-0.25, -0.2) is 4.79 Å². The molecular formula is C14H19N3O2. The van der Waals surface area contributed by atoms with Gasteiger partial charge in [-0.2, -0.15) is 0 Å². The second-order valence-electron chi connectivity index (χ2n) is 5.31. The summed E-state index contributed by atoms with van der Waals surface area (Å²) in [5.74, 6) is 0.273. The molecule has 1 aliphatic heterocycles. The molecule has 1 atom stereocenters. The van der Waals surface area contributed by atoms with Crippen molar-refractivity contribution in [3.63, 3.8) is 0 Å². The highest BCUT2D eigenvalue weighted by atomic mass is 16.4. The molecular weight excluding hydrogens is 242 g/mol. The first-order valence-electron chi connectivity index (χ1n) is 6.81. The number of fused-ring (bicyclic) bond motifs is 1. The predicted octanol–water partition coefficient (Wildman–Crippen LogP) is 1.51. The van der Waals surface area contributed by atoms with E-state index in [4.69, 9.17) is 10.2 Å². The summed E-state index contributed by atoms with van der Waals surface area (Å²) in [5, 5.41) is 3.36. The second kappa shape index (κ2) is 5.19. The van der Waals surface area contributed by atoms with Crippen LogP contribution in [0.1, 0.15) is 30.9 Å². The summed E-state index contributed by atoms with van der Waals surface area (Å²) in [6.45, 7) is 2.18. The quantitative estimate of drug-likeness (QED) is 0.782. The van der Waals surface area contributed by atoms with Crippen LogP contribution >= 0.6 is 0 Å². The number of hydrogen-bond acceptors (Lipinski definition) is 4. The Balaban J connectivity index is 1.76. The Labute approximate surface area is 111 Å². The number of piperidine rings is 1. The first kappa shape index (κ1) is 12.4. The number of H-pyrrole nitrogens is 1. The normalized spacial score (nSPS) is 18.8. The molecule has 0 saturated carbocycles. The van der Waals surface area contributed by atoms with Crippen molar-refractivity contribution in [2.24, 2.45) is 11.7 Å². The van der Waals surface area contributed by atoms with Crippen LogP contribution < -0.4 is 16.8 Å². The van der Waals surface area contributed by atoms with Gasteiger partial charge < -0.3 is 15.5 Å². The predicted molar refractivity (Wildman–Crippen MR) is 74.0 cm³/mol. The summed E-state index contributed by atoms with van der Waals surface area (Å²) < 4.78 is 4.99. The van der Waals surface area contributed by atoms with Crippen LogP contribution in [0.25, 0.3) is 11.1 Å². The van der Waals surface area contributed by atoms with Crippen molar-refractivity contribution < 1.29 is 4.42 Å². The van der Waals surface area contributed by atoms with Crippen molar-refractivity contribution >= 4 is 11.1 Å². The van der Waals surface area contributed by atoms with E-state index in [1.807, 2.05) is 18.2 Å². The molecule has 0 bridgehead atoms. The molecule has 1 aliphatic rings. The molecule has 4 N–H and O–H groups in total. The summed E-state index contributed by atoms with van der Waals surface area (Å²) in [6, 6.07) is 5.70. The monoisotopic (exact) mass is 261 g/mol. The summed E-state index contributed by atoms with van der Waals surface area (Å²) in [7, 11) is 0. The molecule has 0 radical (unpaired) electrons. The molecule has 102 valence electrons. The molecule has 0 spiro atoms. The third-order valence-corrected chi connectivity index (χ3v) is 3.92. The Morgan fingerprint density at radius 2 is 2.16 bits per heavy atom. The first-order valence-corrected chi connectivity index (χ1v) is 6.81. The topological polar surface area (TPSA) is 84.0 Å². The zero-order chi connectivity index (χ0) is 13.2. The minimum Gasteiger partial charge on any atom is -0.408 e. The molecule has 5 nitrogen and oxygen atoms in total. The summed E-state index contributed by atoms with van der Waals surface area (Å²) in [4.78, 5) is 13.8. The minimum absolute atomic E-state index is 0.0194. The standard InChI is InChI=1S/C14H19N3O2/c15-11(7-9-3-5-16-6-4-9)10-1-2-13-12(8-10)17-14(18)19-13/h1-2,8-9,11,16H,3-7,15H2,(H,17,18). The van der Waals surface area contributed by atoms with E-state index in [1.54, 1.807) is 0 Å². The van der Waals surface area contributed by atoms with Gasteiger partial charge in [-0.15, -0.1) is 0 Å². The van der Waals surface area contributed by atoms with Gasteiger partial charge >= 0.3 is 5.76 Å². The first-order chi connectivity index (χ1) is 9.22. The molecule has 5 heteroatoms. The molecule has 1 saturated heterocycles. The van der Waals surface area contributed by atoms with Crippen molar-refractivity contribution in [3.05, 3.63) is 34.3 Å². The van der Waals surface area contributed by atoms with Crippen LogP contribution in [0.2, 0.25) is 0 Å². The highest BCUT2D eigenvalue weighted by Gasteiger charge is 2.18. The number of nitrogens with one attached hydrogen (secondary N) is 2. The van der Waals surface area contributed by atoms with Crippen LogP contribution in [0, 0.1) is 5.92 Å². The van der Waals surface area contributed by atoms with Gasteiger partial charge in [0.1, 0.15) is 0 Å². The highest BCUT2D eigenvalue weighted by Crippen LogP contribution is 2.26. The number of oxazole rings is 1. The number of rotatable bonds is 3. The fourth-order valence-electron chi connectivity index (χ4n) is 2.81. The fraction of sp³-hybridized carbons (Fsp3) is 0.500. The van der Waals surface area contributed by atoms with Crippen molar-refractivity contribution in [1.29, 1.82) is 0 Å². The van der Waals surface area contributed by atoms with E-state index < -0.39 is 5.76 Å². The van der Waals surface area contributed by atoms with Crippen molar-refractivity contribution in [2.75, 3.05) is 13.1 Å². The second-order valence-corrected chi connectivity index (χ2v) is 5.31. The van der Waals surface area contributed by atoms with Gasteiger partial charge in [0, 0.05) is 6.04 Å². The van der Waals surface area contributed by atoms with Gasteiger partial charge in [0.2, 0.25) is 0 Å². The van der Waals surface area contributed by atoms with Crippen LogP contribution in [0.5, 0.6) is 0 Å². The zero-order valence-corrected chi connectivity index (χ0v) is 10.8. The zero-order valence-electron chi connectivity index (χ0n) is 10.8. The van der Waals surface area contributed by atoms with Gasteiger partial charge in [-0.05, 0) is 56.0 Å². The van der Waals surface area contributed by atoms with Crippen LogP contribution in [0.3, 0.4) is 0 Å². The Morgan fingerprint density at radius 3 is 2.95 bits per heavy atom. The van der Waals surface area contributed by atoms with Gasteiger partial charge in [0.15, 0.2) is 5.58 Å². The van der Waals surface area contributed by atoms with Crippen molar-refractivity contribution in [2.45, 2.75) is 25.3 Å². The van der Waals surface area contributed by atoms with E-state index in [2.05, 4.69) is 10.3 Å². The number of hydrogen-bond donors (Lipinski definition) is 3. The summed E-state index contributed by atoms with van der Waals surface area (Å²) in [6.07, 6.45) is 3.38. The number of nitrogens with two attached hydrogens (primary N) is 1. The lowest BCUT2D eigenvalue weighted by atomic mass is 9.89. The van der Waals surface area contributed by atoms with E-state index in [0.29, 0.717) is 11.5 Å². The number of aromatic nitrogens is 1. The Kier molecular flexibility index (Phi) is 3.40. The molecule has 1 unspecified atom stereocenters. The average molecular weight is 261 g/mol. The lowest BCUT2D eigenvalue weighted by Crippen LogP contribution is -2.29. The Bertz CT molecular complexity index is 610. The lowest BCUT2D eigenvalue weighted by molar-refractivity contribution is 0.333.